The second-order valence-electron chi connectivity index (χ2n) is 9.03. The van der Waals surface area contributed by atoms with Crippen LogP contribution in [0.5, 0.6) is 0 Å². The maximum atomic E-state index is 12.2. The Bertz CT molecular complexity index is 758. The molecule has 13 nitrogen and oxygen atoms in total. The van der Waals surface area contributed by atoms with Crippen molar-refractivity contribution >= 4 is 32.9 Å². The van der Waals surface area contributed by atoms with E-state index in [9.17, 15) is 19.2 Å². The zero-order valence-electron chi connectivity index (χ0n) is 24.3. The molecule has 0 saturated heterocycles. The summed E-state index contributed by atoms with van der Waals surface area (Å²) in [5.74, 6) is -1.36. The second-order valence-corrected chi connectivity index (χ2v) is 12.1. The number of carbonyl (C=O) groups is 4. The van der Waals surface area contributed by atoms with E-state index in [0.717, 1.165) is 44.3 Å². The highest BCUT2D eigenvalue weighted by Crippen LogP contribution is 2.14. The van der Waals surface area contributed by atoms with Gasteiger partial charge in [0.05, 0.1) is 13.2 Å². The summed E-state index contributed by atoms with van der Waals surface area (Å²) in [6, 6.07) is 0.590. The van der Waals surface area contributed by atoms with Crippen molar-refractivity contribution in [2.45, 2.75) is 63.5 Å². The first kappa shape index (κ1) is 37.1. The first-order chi connectivity index (χ1) is 19.1. The van der Waals surface area contributed by atoms with Gasteiger partial charge < -0.3 is 42.9 Å². The lowest BCUT2D eigenvalue weighted by Gasteiger charge is -2.29. The molecule has 0 unspecified atom stereocenters. The third kappa shape index (κ3) is 17.6. The molecule has 230 valence electrons. The van der Waals surface area contributed by atoms with Gasteiger partial charge in [-0.15, -0.1) is 0 Å². The fourth-order valence-electron chi connectivity index (χ4n) is 3.32. The largest absolute Gasteiger partial charge is 0.500 e. The molecule has 14 heteroatoms. The molecule has 0 atom stereocenters. The van der Waals surface area contributed by atoms with Gasteiger partial charge >= 0.3 is 32.9 Å². The van der Waals surface area contributed by atoms with Crippen LogP contribution in [0, 0.1) is 0 Å². The number of alkyl carbamates (subject to hydrolysis) is 2. The van der Waals surface area contributed by atoms with Crippen LogP contribution < -0.4 is 10.6 Å². The molecule has 0 aliphatic rings. The van der Waals surface area contributed by atoms with Gasteiger partial charge in [0.15, 0.2) is 0 Å². The Labute approximate surface area is 238 Å². The Morgan fingerprint density at radius 1 is 0.700 bits per heavy atom. The zero-order valence-corrected chi connectivity index (χ0v) is 25.3. The third-order valence-electron chi connectivity index (χ3n) is 5.67. The SMILES string of the molecule is C=CC(=O)OCC(C)(COC(=O)C=C)NC(=O)OCCCCCCCCOC(=O)NCCC[Si](OC)(OC)OC. The van der Waals surface area contributed by atoms with Crippen molar-refractivity contribution in [3.63, 3.8) is 0 Å². The lowest BCUT2D eigenvalue weighted by Crippen LogP contribution is -2.53. The standard InChI is InChI=1S/C26H46N2O11Si/c1-7-22(29)38-20-26(3,21-39-23(30)8-2)28-25(32)37-18-14-12-10-9-11-13-17-36-24(31)27-16-15-19-40(33-4,34-5)35-6/h7-8H,1-2,9-21H2,3-6H3,(H,27,31)(H,28,32). The monoisotopic (exact) mass is 590 g/mol. The van der Waals surface area contributed by atoms with E-state index in [-0.39, 0.29) is 19.8 Å². The van der Waals surface area contributed by atoms with E-state index in [0.29, 0.717) is 32.0 Å². The molecule has 0 radical (unpaired) electrons. The predicted molar refractivity (Wildman–Crippen MR) is 148 cm³/mol. The van der Waals surface area contributed by atoms with E-state index >= 15 is 0 Å². The summed E-state index contributed by atoms with van der Waals surface area (Å²) in [5.41, 5.74) is -1.20. The average Bonchev–Trinajstić information content (AvgIpc) is 2.96. The average molecular weight is 591 g/mol. The van der Waals surface area contributed by atoms with E-state index < -0.39 is 38.5 Å². The molecule has 40 heavy (non-hydrogen) atoms. The first-order valence-electron chi connectivity index (χ1n) is 13.2. The van der Waals surface area contributed by atoms with Crippen molar-refractivity contribution < 1.29 is 51.4 Å². The number of nitrogens with one attached hydrogen (secondary N) is 2. The summed E-state index contributed by atoms with van der Waals surface area (Å²) in [7, 11) is 2.02. The van der Waals surface area contributed by atoms with Crippen LogP contribution in [0.3, 0.4) is 0 Å². The maximum absolute atomic E-state index is 12.2. The summed E-state index contributed by atoms with van der Waals surface area (Å²) in [5, 5.41) is 5.27. The molecule has 2 N–H and O–H groups in total. The summed E-state index contributed by atoms with van der Waals surface area (Å²) >= 11 is 0. The van der Waals surface area contributed by atoms with Crippen molar-refractivity contribution in [2.24, 2.45) is 0 Å². The fraction of sp³-hybridized carbons (Fsp3) is 0.692. The van der Waals surface area contributed by atoms with Crippen molar-refractivity contribution in [2.75, 3.05) is 54.3 Å². The molecular weight excluding hydrogens is 544 g/mol. The van der Waals surface area contributed by atoms with Gasteiger partial charge in [0.1, 0.15) is 18.8 Å². The van der Waals surface area contributed by atoms with Crippen molar-refractivity contribution in [1.82, 2.24) is 10.6 Å². The highest BCUT2D eigenvalue weighted by atomic mass is 28.4. The Balaban J connectivity index is 3.97. The smallest absolute Gasteiger partial charge is 0.460 e. The number of carbonyl (C=O) groups excluding carboxylic acids is 4. The van der Waals surface area contributed by atoms with Crippen LogP contribution in [0.25, 0.3) is 0 Å². The van der Waals surface area contributed by atoms with Gasteiger partial charge in [0.25, 0.3) is 0 Å². The number of esters is 2. The van der Waals surface area contributed by atoms with Crippen LogP contribution in [-0.2, 0) is 41.8 Å². The first-order valence-corrected chi connectivity index (χ1v) is 15.1. The molecule has 0 aliphatic heterocycles. The fourth-order valence-corrected chi connectivity index (χ4v) is 5.04. The highest BCUT2D eigenvalue weighted by molar-refractivity contribution is 6.60. The lowest BCUT2D eigenvalue weighted by molar-refractivity contribution is -0.144. The van der Waals surface area contributed by atoms with Gasteiger partial charge in [0.2, 0.25) is 0 Å². The van der Waals surface area contributed by atoms with Gasteiger partial charge in [-0.3, -0.25) is 0 Å². The van der Waals surface area contributed by atoms with E-state index in [4.69, 9.17) is 32.2 Å². The second kappa shape index (κ2) is 21.8. The minimum atomic E-state index is -2.63. The van der Waals surface area contributed by atoms with Crippen LogP contribution >= 0.6 is 0 Å². The molecule has 0 spiro atoms. The summed E-state index contributed by atoms with van der Waals surface area (Å²) in [6.45, 7) is 8.65. The van der Waals surface area contributed by atoms with Gasteiger partial charge in [-0.05, 0) is 26.2 Å². The lowest BCUT2D eigenvalue weighted by atomic mass is 10.1. The molecule has 0 heterocycles. The maximum Gasteiger partial charge on any atom is 0.500 e. The van der Waals surface area contributed by atoms with E-state index in [1.807, 2.05) is 0 Å². The van der Waals surface area contributed by atoms with Crippen molar-refractivity contribution in [3.05, 3.63) is 25.3 Å². The Hall–Kier alpha value is -2.94. The minimum Gasteiger partial charge on any atom is -0.460 e. The van der Waals surface area contributed by atoms with E-state index in [2.05, 4.69) is 23.8 Å². The molecule has 0 bridgehead atoms. The summed E-state index contributed by atoms with van der Waals surface area (Å²) in [4.78, 5) is 46.7. The molecule has 0 aliphatic carbocycles. The van der Waals surface area contributed by atoms with Crippen LogP contribution in [0.1, 0.15) is 51.9 Å². The molecule has 2 amide bonds. The number of hydrogen-bond donors (Lipinski definition) is 2. The Morgan fingerprint density at radius 2 is 1.15 bits per heavy atom. The summed E-state index contributed by atoms with van der Waals surface area (Å²) in [6.07, 6.45) is 6.52. The van der Waals surface area contributed by atoms with Gasteiger partial charge in [-0.1, -0.05) is 38.8 Å². The van der Waals surface area contributed by atoms with Crippen LogP contribution in [0.2, 0.25) is 6.04 Å². The zero-order chi connectivity index (χ0) is 30.3. The van der Waals surface area contributed by atoms with E-state index in [1.165, 1.54) is 0 Å². The Morgan fingerprint density at radius 3 is 1.60 bits per heavy atom. The number of amides is 2. The van der Waals surface area contributed by atoms with Crippen LogP contribution in [0.15, 0.2) is 25.3 Å². The topological polar surface area (TPSA) is 157 Å². The number of hydrogen-bond acceptors (Lipinski definition) is 11. The number of rotatable bonds is 23. The van der Waals surface area contributed by atoms with Gasteiger partial charge in [0, 0.05) is 46.1 Å². The molecule has 0 fully saturated rings. The third-order valence-corrected chi connectivity index (χ3v) is 8.50. The van der Waals surface area contributed by atoms with Crippen molar-refractivity contribution in [3.8, 4) is 0 Å². The molecule has 0 rings (SSSR count). The quantitative estimate of drug-likeness (QED) is 0.0592. The van der Waals surface area contributed by atoms with Gasteiger partial charge in [-0.25, -0.2) is 19.2 Å². The van der Waals surface area contributed by atoms with Crippen LogP contribution in [-0.4, -0.2) is 92.8 Å². The number of ether oxygens (including phenoxy) is 4. The highest BCUT2D eigenvalue weighted by Gasteiger charge is 2.36. The van der Waals surface area contributed by atoms with Crippen molar-refractivity contribution in [1.29, 1.82) is 0 Å². The summed E-state index contributed by atoms with van der Waals surface area (Å²) < 4.78 is 36.4. The van der Waals surface area contributed by atoms with Crippen LogP contribution in [0.4, 0.5) is 9.59 Å². The minimum absolute atomic E-state index is 0.201. The number of unbranched alkanes of at least 4 members (excludes halogenated alkanes) is 5. The normalized spacial score (nSPS) is 11.2. The Kier molecular flexibility index (Phi) is 20.2. The molecule has 0 aromatic heterocycles. The molecule has 0 saturated carbocycles. The molecule has 0 aromatic carbocycles. The molecular formula is C26H46N2O11Si. The molecule has 0 aromatic rings. The van der Waals surface area contributed by atoms with Gasteiger partial charge in [-0.2, -0.15) is 0 Å². The van der Waals surface area contributed by atoms with E-state index in [1.54, 1.807) is 28.3 Å². The predicted octanol–water partition coefficient (Wildman–Crippen LogP) is 3.26.